The third-order valence-electron chi connectivity index (χ3n) is 6.70. The number of ether oxygens (including phenoxy) is 1. The molecular formula is C35H27N3O4. The van der Waals surface area contributed by atoms with Crippen molar-refractivity contribution in [3.05, 3.63) is 138 Å². The van der Waals surface area contributed by atoms with Gasteiger partial charge in [-0.1, -0.05) is 60.7 Å². The molecule has 6 rings (SSSR count). The first-order valence-electron chi connectivity index (χ1n) is 13.6. The van der Waals surface area contributed by atoms with Crippen LogP contribution < -0.4 is 10.1 Å². The molecule has 0 unspecified atom stereocenters. The van der Waals surface area contributed by atoms with Crippen LogP contribution in [0.5, 0.6) is 5.75 Å². The molecule has 6 aromatic rings. The smallest absolute Gasteiger partial charge is 0.248 e. The number of carbonyl (C=O) groups is 2. The highest BCUT2D eigenvalue weighted by Crippen LogP contribution is 2.33. The summed E-state index contributed by atoms with van der Waals surface area (Å²) in [5.74, 6) is -0.0236. The number of para-hydroxylation sites is 2. The number of ketones is 1. The summed E-state index contributed by atoms with van der Waals surface area (Å²) in [5, 5.41) is 8.33. The van der Waals surface area contributed by atoms with Gasteiger partial charge in [-0.15, -0.1) is 0 Å². The van der Waals surface area contributed by atoms with E-state index in [2.05, 4.69) is 5.32 Å². The second kappa shape index (κ2) is 11.8. The number of nitrogens with zero attached hydrogens (tertiary/aromatic N) is 2. The van der Waals surface area contributed by atoms with Crippen molar-refractivity contribution in [3.63, 3.8) is 0 Å². The lowest BCUT2D eigenvalue weighted by atomic mass is 10.1. The van der Waals surface area contributed by atoms with Gasteiger partial charge in [0.2, 0.25) is 11.7 Å². The number of rotatable bonds is 9. The molecular weight excluding hydrogens is 526 g/mol. The lowest BCUT2D eigenvalue weighted by molar-refractivity contribution is -0.111. The minimum absolute atomic E-state index is 0.0592. The topological polar surface area (TPSA) is 86.4 Å². The van der Waals surface area contributed by atoms with Crippen molar-refractivity contribution in [1.82, 2.24) is 9.78 Å². The van der Waals surface area contributed by atoms with Gasteiger partial charge < -0.3 is 14.5 Å². The third kappa shape index (κ3) is 5.48. The molecule has 0 spiro atoms. The zero-order chi connectivity index (χ0) is 28.9. The molecule has 7 heteroatoms. The second-order valence-corrected chi connectivity index (χ2v) is 9.49. The number of nitrogens with one attached hydrogen (secondary N) is 1. The molecule has 0 aliphatic carbocycles. The molecule has 7 nitrogen and oxygen atoms in total. The van der Waals surface area contributed by atoms with Crippen LogP contribution in [0.4, 0.5) is 5.69 Å². The highest BCUT2D eigenvalue weighted by molar-refractivity contribution is 6.18. The summed E-state index contributed by atoms with van der Waals surface area (Å²) in [4.78, 5) is 26.8. The Morgan fingerprint density at radius 1 is 0.881 bits per heavy atom. The molecule has 0 radical (unpaired) electrons. The number of carbonyl (C=O) groups excluding carboxylic acids is 2. The van der Waals surface area contributed by atoms with Gasteiger partial charge in [-0.25, -0.2) is 4.68 Å². The third-order valence-corrected chi connectivity index (χ3v) is 6.70. The summed E-state index contributed by atoms with van der Waals surface area (Å²) in [6.07, 6.45) is 5.04. The number of benzene rings is 4. The molecule has 0 aliphatic rings. The summed E-state index contributed by atoms with van der Waals surface area (Å²) in [5.41, 5.74) is 4.58. The van der Waals surface area contributed by atoms with Crippen molar-refractivity contribution in [3.8, 4) is 22.7 Å². The van der Waals surface area contributed by atoms with Crippen molar-refractivity contribution < 1.29 is 18.7 Å². The van der Waals surface area contributed by atoms with E-state index in [1.807, 2.05) is 92.0 Å². The zero-order valence-corrected chi connectivity index (χ0v) is 22.9. The van der Waals surface area contributed by atoms with Crippen molar-refractivity contribution >= 4 is 34.4 Å². The Kier molecular flexibility index (Phi) is 7.46. The first-order chi connectivity index (χ1) is 20.6. The molecule has 4 aromatic carbocycles. The van der Waals surface area contributed by atoms with E-state index in [0.717, 1.165) is 22.5 Å². The van der Waals surface area contributed by atoms with Crippen LogP contribution in [0.2, 0.25) is 0 Å². The molecule has 0 atom stereocenters. The Bertz CT molecular complexity index is 1890. The van der Waals surface area contributed by atoms with Gasteiger partial charge in [0.05, 0.1) is 23.7 Å². The van der Waals surface area contributed by atoms with Crippen molar-refractivity contribution in [2.75, 3.05) is 11.9 Å². The maximum absolute atomic E-state index is 13.5. The number of amides is 1. The molecule has 0 fully saturated rings. The molecule has 206 valence electrons. The van der Waals surface area contributed by atoms with Gasteiger partial charge in [0.1, 0.15) is 11.3 Å². The van der Waals surface area contributed by atoms with Crippen molar-refractivity contribution in [2.45, 2.75) is 6.92 Å². The van der Waals surface area contributed by atoms with Gasteiger partial charge >= 0.3 is 0 Å². The van der Waals surface area contributed by atoms with E-state index in [9.17, 15) is 9.59 Å². The Morgan fingerprint density at radius 2 is 1.57 bits per heavy atom. The molecule has 42 heavy (non-hydrogen) atoms. The van der Waals surface area contributed by atoms with Gasteiger partial charge in [0.25, 0.3) is 0 Å². The van der Waals surface area contributed by atoms with Crippen LogP contribution in [0, 0.1) is 0 Å². The Morgan fingerprint density at radius 3 is 2.31 bits per heavy atom. The number of furan rings is 1. The monoisotopic (exact) mass is 553 g/mol. The van der Waals surface area contributed by atoms with Crippen LogP contribution >= 0.6 is 0 Å². The molecule has 2 heterocycles. The standard InChI is InChI=1S/C35H27N3O4/c1-2-41-28-20-17-25(18-21-28)34(40)35-33(29-15-9-10-16-30(29)42-35)36-31(39)22-19-26-23-38(27-13-7-4-8-14-27)37-32(26)24-11-5-3-6-12-24/h3-23H,2H2,1H3,(H,36,39)/b22-19+. The Labute approximate surface area is 242 Å². The average molecular weight is 554 g/mol. The minimum atomic E-state index is -0.409. The van der Waals surface area contributed by atoms with Crippen molar-refractivity contribution in [2.24, 2.45) is 0 Å². The fourth-order valence-electron chi connectivity index (χ4n) is 4.70. The summed E-state index contributed by atoms with van der Waals surface area (Å²) in [7, 11) is 0. The van der Waals surface area contributed by atoms with E-state index < -0.39 is 5.91 Å². The Balaban J connectivity index is 1.31. The second-order valence-electron chi connectivity index (χ2n) is 9.49. The predicted molar refractivity (Wildman–Crippen MR) is 164 cm³/mol. The fourth-order valence-corrected chi connectivity index (χ4v) is 4.70. The number of anilines is 1. The highest BCUT2D eigenvalue weighted by Gasteiger charge is 2.23. The van der Waals surface area contributed by atoms with E-state index in [1.54, 1.807) is 41.1 Å². The molecule has 0 aliphatic heterocycles. The number of aromatic nitrogens is 2. The lowest BCUT2D eigenvalue weighted by Crippen LogP contribution is -2.11. The van der Waals surface area contributed by atoms with Crippen LogP contribution in [-0.2, 0) is 4.79 Å². The molecule has 0 bridgehead atoms. The van der Waals surface area contributed by atoms with Crippen LogP contribution in [0.15, 0.2) is 126 Å². The van der Waals surface area contributed by atoms with Crippen LogP contribution in [0.25, 0.3) is 34.0 Å². The SMILES string of the molecule is CCOc1ccc(C(=O)c2oc3ccccc3c2NC(=O)/C=C/c2cn(-c3ccccc3)nc2-c2ccccc2)cc1. The molecule has 0 saturated heterocycles. The highest BCUT2D eigenvalue weighted by atomic mass is 16.5. The van der Waals surface area contributed by atoms with Crippen molar-refractivity contribution in [1.29, 1.82) is 0 Å². The molecule has 2 aromatic heterocycles. The first kappa shape index (κ1) is 26.5. The molecule has 0 saturated carbocycles. The maximum Gasteiger partial charge on any atom is 0.248 e. The van der Waals surface area contributed by atoms with Gasteiger partial charge in [0, 0.05) is 34.3 Å². The molecule has 1 N–H and O–H groups in total. The summed E-state index contributed by atoms with van der Waals surface area (Å²) >= 11 is 0. The minimum Gasteiger partial charge on any atom is -0.494 e. The van der Waals surface area contributed by atoms with E-state index in [1.165, 1.54) is 6.08 Å². The summed E-state index contributed by atoms with van der Waals surface area (Å²) in [6.45, 7) is 2.43. The zero-order valence-electron chi connectivity index (χ0n) is 22.9. The maximum atomic E-state index is 13.5. The van der Waals surface area contributed by atoms with E-state index in [-0.39, 0.29) is 11.5 Å². The first-order valence-corrected chi connectivity index (χ1v) is 13.6. The number of hydrogen-bond donors (Lipinski definition) is 1. The molecule has 1 amide bonds. The predicted octanol–water partition coefficient (Wildman–Crippen LogP) is 7.57. The Hall–Kier alpha value is -5.69. The van der Waals surface area contributed by atoms with Crippen LogP contribution in [0.1, 0.15) is 28.6 Å². The summed E-state index contributed by atoms with van der Waals surface area (Å²) in [6, 6.07) is 33.6. The quantitative estimate of drug-likeness (QED) is 0.147. The average Bonchev–Trinajstić information content (AvgIpc) is 3.63. The number of hydrogen-bond acceptors (Lipinski definition) is 5. The fraction of sp³-hybridized carbons (Fsp3) is 0.0571. The normalized spacial score (nSPS) is 11.2. The van der Waals surface area contributed by atoms with Gasteiger partial charge in [-0.2, -0.15) is 5.10 Å². The van der Waals surface area contributed by atoms with Crippen LogP contribution in [-0.4, -0.2) is 28.1 Å². The van der Waals surface area contributed by atoms with Crippen LogP contribution in [0.3, 0.4) is 0 Å². The van der Waals surface area contributed by atoms with Gasteiger partial charge in [-0.3, -0.25) is 9.59 Å². The lowest BCUT2D eigenvalue weighted by Gasteiger charge is -2.06. The van der Waals surface area contributed by atoms with Gasteiger partial charge in [-0.05, 0) is 61.5 Å². The van der Waals surface area contributed by atoms with E-state index in [4.69, 9.17) is 14.3 Å². The van der Waals surface area contributed by atoms with E-state index in [0.29, 0.717) is 34.6 Å². The van der Waals surface area contributed by atoms with Gasteiger partial charge in [0.15, 0.2) is 5.76 Å². The summed E-state index contributed by atoms with van der Waals surface area (Å²) < 4.78 is 13.2. The van der Waals surface area contributed by atoms with E-state index >= 15 is 0 Å². The largest absolute Gasteiger partial charge is 0.494 e. The number of fused-ring (bicyclic) bond motifs is 1.